The van der Waals surface area contributed by atoms with E-state index in [9.17, 15) is 4.39 Å². The molecule has 1 nitrogen and oxygen atoms in total. The molecule has 0 amide bonds. The van der Waals surface area contributed by atoms with Gasteiger partial charge in [0, 0.05) is 12.6 Å². The lowest BCUT2D eigenvalue weighted by Crippen LogP contribution is -2.42. The summed E-state index contributed by atoms with van der Waals surface area (Å²) in [6.07, 6.45) is 7.84. The summed E-state index contributed by atoms with van der Waals surface area (Å²) in [7, 11) is 0. The van der Waals surface area contributed by atoms with Gasteiger partial charge in [-0.25, -0.2) is 4.39 Å². The van der Waals surface area contributed by atoms with Gasteiger partial charge in [-0.2, -0.15) is 0 Å². The van der Waals surface area contributed by atoms with Crippen LogP contribution in [-0.4, -0.2) is 12.6 Å². The van der Waals surface area contributed by atoms with E-state index in [1.165, 1.54) is 56.7 Å². The molecule has 104 valence electrons. The van der Waals surface area contributed by atoms with Gasteiger partial charge in [0.05, 0.1) is 0 Å². The standard InChI is InChI=1S/C17H24FN/c1-2-6-17(7-8-17)12-19-16-10-14(11-16)13-4-3-5-15(18)9-13/h3-5,9,14,16,19H,2,6-8,10-12H2,1H3. The molecule has 0 aliphatic heterocycles. The van der Waals surface area contributed by atoms with Gasteiger partial charge in [-0.05, 0) is 61.1 Å². The zero-order valence-electron chi connectivity index (χ0n) is 11.8. The molecule has 0 spiro atoms. The molecule has 0 heterocycles. The average Bonchev–Trinajstić information content (AvgIpc) is 3.08. The number of hydrogen-bond acceptors (Lipinski definition) is 1. The van der Waals surface area contributed by atoms with Crippen molar-refractivity contribution in [3.8, 4) is 0 Å². The Balaban J connectivity index is 1.43. The maximum absolute atomic E-state index is 13.2. The maximum atomic E-state index is 13.2. The average molecular weight is 261 g/mol. The summed E-state index contributed by atoms with van der Waals surface area (Å²) in [6.45, 7) is 3.48. The second kappa shape index (κ2) is 5.24. The van der Waals surface area contributed by atoms with Crippen molar-refractivity contribution in [2.75, 3.05) is 6.54 Å². The van der Waals surface area contributed by atoms with E-state index in [1.807, 2.05) is 6.07 Å². The monoisotopic (exact) mass is 261 g/mol. The first-order chi connectivity index (χ1) is 9.21. The van der Waals surface area contributed by atoms with E-state index in [2.05, 4.69) is 18.3 Å². The lowest BCUT2D eigenvalue weighted by Gasteiger charge is -2.37. The summed E-state index contributed by atoms with van der Waals surface area (Å²) in [5.41, 5.74) is 1.81. The van der Waals surface area contributed by atoms with Gasteiger partial charge in [-0.1, -0.05) is 25.5 Å². The molecular formula is C17H24FN. The first-order valence-electron chi connectivity index (χ1n) is 7.70. The Morgan fingerprint density at radius 3 is 2.74 bits per heavy atom. The summed E-state index contributed by atoms with van der Waals surface area (Å²) in [5, 5.41) is 3.73. The number of benzene rings is 1. The lowest BCUT2D eigenvalue weighted by molar-refractivity contribution is 0.265. The molecule has 2 saturated carbocycles. The minimum absolute atomic E-state index is 0.103. The van der Waals surface area contributed by atoms with Crippen LogP contribution < -0.4 is 5.32 Å². The van der Waals surface area contributed by atoms with Crippen LogP contribution in [0.5, 0.6) is 0 Å². The molecule has 3 rings (SSSR count). The third kappa shape index (κ3) is 3.00. The van der Waals surface area contributed by atoms with E-state index in [4.69, 9.17) is 0 Å². The quantitative estimate of drug-likeness (QED) is 0.807. The molecule has 1 N–H and O–H groups in total. The van der Waals surface area contributed by atoms with Crippen molar-refractivity contribution >= 4 is 0 Å². The van der Waals surface area contributed by atoms with Crippen LogP contribution in [0.1, 0.15) is 56.9 Å². The van der Waals surface area contributed by atoms with E-state index >= 15 is 0 Å². The van der Waals surface area contributed by atoms with Crippen LogP contribution in [0.15, 0.2) is 24.3 Å². The zero-order chi connectivity index (χ0) is 13.3. The van der Waals surface area contributed by atoms with Crippen LogP contribution in [0.4, 0.5) is 4.39 Å². The molecule has 0 radical (unpaired) electrons. The Labute approximate surface area is 115 Å². The van der Waals surface area contributed by atoms with E-state index < -0.39 is 0 Å². The third-order valence-electron chi connectivity index (χ3n) is 4.96. The van der Waals surface area contributed by atoms with E-state index in [1.54, 1.807) is 6.07 Å². The van der Waals surface area contributed by atoms with E-state index in [0.29, 0.717) is 17.4 Å². The largest absolute Gasteiger partial charge is 0.313 e. The Kier molecular flexibility index (Phi) is 3.62. The van der Waals surface area contributed by atoms with Crippen molar-refractivity contribution < 1.29 is 4.39 Å². The van der Waals surface area contributed by atoms with Crippen molar-refractivity contribution in [1.29, 1.82) is 0 Å². The first kappa shape index (κ1) is 13.1. The molecule has 2 aliphatic carbocycles. The van der Waals surface area contributed by atoms with Crippen molar-refractivity contribution in [2.45, 2.75) is 57.4 Å². The van der Waals surface area contributed by atoms with Crippen molar-refractivity contribution in [3.63, 3.8) is 0 Å². The highest BCUT2D eigenvalue weighted by molar-refractivity contribution is 5.23. The van der Waals surface area contributed by atoms with Crippen LogP contribution in [0, 0.1) is 11.2 Å². The fraction of sp³-hybridized carbons (Fsp3) is 0.647. The number of nitrogens with one attached hydrogen (secondary N) is 1. The molecule has 0 aromatic heterocycles. The maximum Gasteiger partial charge on any atom is 0.123 e. The first-order valence-corrected chi connectivity index (χ1v) is 7.70. The minimum atomic E-state index is -0.103. The summed E-state index contributed by atoms with van der Waals surface area (Å²) < 4.78 is 13.2. The fourth-order valence-corrected chi connectivity index (χ4v) is 3.40. The highest BCUT2D eigenvalue weighted by Crippen LogP contribution is 2.49. The second-order valence-electron chi connectivity index (χ2n) is 6.55. The molecule has 0 saturated heterocycles. The number of hydrogen-bond donors (Lipinski definition) is 1. The molecule has 1 aromatic carbocycles. The molecule has 1 aromatic rings. The number of halogens is 1. The van der Waals surface area contributed by atoms with Gasteiger partial charge in [0.2, 0.25) is 0 Å². The molecule has 2 fully saturated rings. The fourth-order valence-electron chi connectivity index (χ4n) is 3.40. The van der Waals surface area contributed by atoms with Crippen LogP contribution in [0.2, 0.25) is 0 Å². The van der Waals surface area contributed by atoms with Crippen LogP contribution >= 0.6 is 0 Å². The zero-order valence-corrected chi connectivity index (χ0v) is 11.8. The van der Waals surface area contributed by atoms with Crippen LogP contribution in [-0.2, 0) is 0 Å². The SMILES string of the molecule is CCCC1(CNC2CC(c3cccc(F)c3)C2)CC1. The van der Waals surface area contributed by atoms with Gasteiger partial charge < -0.3 is 5.32 Å². The van der Waals surface area contributed by atoms with Crippen molar-refractivity contribution in [3.05, 3.63) is 35.6 Å². The predicted molar refractivity (Wildman–Crippen MR) is 76.7 cm³/mol. The molecule has 2 aliphatic rings. The molecule has 0 bridgehead atoms. The van der Waals surface area contributed by atoms with Crippen molar-refractivity contribution in [1.82, 2.24) is 5.32 Å². The van der Waals surface area contributed by atoms with Gasteiger partial charge in [0.15, 0.2) is 0 Å². The molecule has 2 heteroatoms. The van der Waals surface area contributed by atoms with Crippen molar-refractivity contribution in [2.24, 2.45) is 5.41 Å². The lowest BCUT2D eigenvalue weighted by atomic mass is 9.75. The predicted octanol–water partition coefficient (Wildman–Crippen LogP) is 4.24. The Hall–Kier alpha value is -0.890. The summed E-state index contributed by atoms with van der Waals surface area (Å²) >= 11 is 0. The van der Waals surface area contributed by atoms with Gasteiger partial charge >= 0.3 is 0 Å². The summed E-state index contributed by atoms with van der Waals surface area (Å²) in [5.74, 6) is 0.461. The third-order valence-corrected chi connectivity index (χ3v) is 4.96. The molecular weight excluding hydrogens is 237 g/mol. The van der Waals surface area contributed by atoms with E-state index in [0.717, 1.165) is 0 Å². The number of rotatable bonds is 6. The summed E-state index contributed by atoms with van der Waals surface area (Å²) in [4.78, 5) is 0. The highest BCUT2D eigenvalue weighted by atomic mass is 19.1. The van der Waals surface area contributed by atoms with Crippen LogP contribution in [0.3, 0.4) is 0 Å². The molecule has 0 unspecified atom stereocenters. The Morgan fingerprint density at radius 2 is 2.11 bits per heavy atom. The van der Waals surface area contributed by atoms with Gasteiger partial charge in [-0.3, -0.25) is 0 Å². The van der Waals surface area contributed by atoms with Gasteiger partial charge in [0.25, 0.3) is 0 Å². The van der Waals surface area contributed by atoms with Crippen LogP contribution in [0.25, 0.3) is 0 Å². The Bertz CT molecular complexity index is 433. The highest BCUT2D eigenvalue weighted by Gasteiger charge is 2.42. The molecule has 19 heavy (non-hydrogen) atoms. The minimum Gasteiger partial charge on any atom is -0.313 e. The second-order valence-corrected chi connectivity index (χ2v) is 6.55. The van der Waals surface area contributed by atoms with Gasteiger partial charge in [-0.15, -0.1) is 0 Å². The summed E-state index contributed by atoms with van der Waals surface area (Å²) in [6, 6.07) is 7.76. The smallest absolute Gasteiger partial charge is 0.123 e. The van der Waals surface area contributed by atoms with E-state index in [-0.39, 0.29) is 5.82 Å². The Morgan fingerprint density at radius 1 is 1.32 bits per heavy atom. The normalized spacial score (nSPS) is 27.9. The van der Waals surface area contributed by atoms with Gasteiger partial charge in [0.1, 0.15) is 5.82 Å². The topological polar surface area (TPSA) is 12.0 Å². The molecule has 0 atom stereocenters.